The van der Waals surface area contributed by atoms with Crippen molar-refractivity contribution >= 4 is 40.1 Å². The number of methoxy groups -OCH3 is 1. The fourth-order valence-electron chi connectivity index (χ4n) is 1.32. The van der Waals surface area contributed by atoms with Gasteiger partial charge in [0.25, 0.3) is 0 Å². The van der Waals surface area contributed by atoms with Crippen LogP contribution < -0.4 is 5.32 Å². The second-order valence-electron chi connectivity index (χ2n) is 3.41. The Kier molecular flexibility index (Phi) is 4.08. The summed E-state index contributed by atoms with van der Waals surface area (Å²) in [5.41, 5.74) is 1.10. The highest BCUT2D eigenvalue weighted by Gasteiger charge is 2.07. The zero-order chi connectivity index (χ0) is 13.0. The molecule has 0 aliphatic carbocycles. The van der Waals surface area contributed by atoms with Crippen molar-refractivity contribution in [2.45, 2.75) is 0 Å². The first-order valence-corrected chi connectivity index (χ1v) is 6.20. The van der Waals surface area contributed by atoms with E-state index in [1.807, 2.05) is 24.3 Å². The van der Waals surface area contributed by atoms with Crippen molar-refractivity contribution in [3.63, 3.8) is 0 Å². The molecule has 0 radical (unpaired) electrons. The summed E-state index contributed by atoms with van der Waals surface area (Å²) in [7, 11) is 1.31. The Morgan fingerprint density at radius 2 is 2.17 bits per heavy atom. The first kappa shape index (κ1) is 12.7. The van der Waals surface area contributed by atoms with Crippen LogP contribution in [0.5, 0.6) is 0 Å². The molecule has 0 saturated carbocycles. The number of aromatic nitrogens is 2. The van der Waals surface area contributed by atoms with E-state index in [2.05, 4.69) is 42.6 Å². The third-order valence-electron chi connectivity index (χ3n) is 2.14. The Balaban J connectivity index is 2.13. The van der Waals surface area contributed by atoms with Gasteiger partial charge in [0, 0.05) is 9.26 Å². The second-order valence-corrected chi connectivity index (χ2v) is 4.66. The highest BCUT2D eigenvalue weighted by molar-refractivity contribution is 14.1. The van der Waals surface area contributed by atoms with Crippen molar-refractivity contribution in [2.24, 2.45) is 0 Å². The molecule has 0 bridgehead atoms. The predicted octanol–water partition coefficient (Wildman–Crippen LogP) is 2.61. The second kappa shape index (κ2) is 5.76. The van der Waals surface area contributed by atoms with E-state index in [0.29, 0.717) is 5.82 Å². The molecular formula is C12H10IN3O2. The summed E-state index contributed by atoms with van der Waals surface area (Å²) in [6.07, 6.45) is 2.87. The third-order valence-corrected chi connectivity index (χ3v) is 2.81. The first-order chi connectivity index (χ1) is 8.69. The van der Waals surface area contributed by atoms with Gasteiger partial charge in [-0.15, -0.1) is 0 Å². The molecule has 2 rings (SSSR count). The summed E-state index contributed by atoms with van der Waals surface area (Å²) >= 11 is 2.23. The molecule has 0 aliphatic rings. The van der Waals surface area contributed by atoms with Crippen LogP contribution in [0.25, 0.3) is 0 Å². The van der Waals surface area contributed by atoms with Crippen LogP contribution in [-0.4, -0.2) is 23.0 Å². The lowest BCUT2D eigenvalue weighted by atomic mass is 10.3. The number of anilines is 2. The molecule has 0 unspecified atom stereocenters. The molecule has 1 N–H and O–H groups in total. The van der Waals surface area contributed by atoms with Crippen LogP contribution in [0.1, 0.15) is 10.5 Å². The van der Waals surface area contributed by atoms with Gasteiger partial charge in [0.05, 0.1) is 19.5 Å². The van der Waals surface area contributed by atoms with Gasteiger partial charge < -0.3 is 10.1 Å². The van der Waals surface area contributed by atoms with Crippen LogP contribution in [-0.2, 0) is 4.74 Å². The molecule has 1 aromatic carbocycles. The van der Waals surface area contributed by atoms with E-state index < -0.39 is 5.97 Å². The van der Waals surface area contributed by atoms with Crippen molar-refractivity contribution in [1.29, 1.82) is 0 Å². The van der Waals surface area contributed by atoms with Crippen molar-refractivity contribution in [3.05, 3.63) is 45.9 Å². The molecule has 92 valence electrons. The molecule has 0 fully saturated rings. The molecular weight excluding hydrogens is 345 g/mol. The fraction of sp³-hybridized carbons (Fsp3) is 0.0833. The molecule has 0 spiro atoms. The number of halogens is 1. The number of hydrogen-bond donors (Lipinski definition) is 1. The first-order valence-electron chi connectivity index (χ1n) is 5.12. The maximum Gasteiger partial charge on any atom is 0.358 e. The summed E-state index contributed by atoms with van der Waals surface area (Å²) in [6, 6.07) is 7.85. The monoisotopic (exact) mass is 355 g/mol. The van der Waals surface area contributed by atoms with Crippen LogP contribution in [0.3, 0.4) is 0 Å². The molecule has 0 aliphatic heterocycles. The maximum atomic E-state index is 11.2. The average Bonchev–Trinajstić information content (AvgIpc) is 2.39. The van der Waals surface area contributed by atoms with Crippen LogP contribution in [0.15, 0.2) is 36.7 Å². The molecule has 1 aromatic heterocycles. The van der Waals surface area contributed by atoms with E-state index >= 15 is 0 Å². The molecule has 5 nitrogen and oxygen atoms in total. The molecule has 18 heavy (non-hydrogen) atoms. The Morgan fingerprint density at radius 3 is 2.78 bits per heavy atom. The van der Waals surface area contributed by atoms with Crippen LogP contribution >= 0.6 is 22.6 Å². The minimum atomic E-state index is -0.497. The number of nitrogens with one attached hydrogen (secondary N) is 1. The van der Waals surface area contributed by atoms with Gasteiger partial charge in [-0.25, -0.2) is 14.8 Å². The van der Waals surface area contributed by atoms with Gasteiger partial charge in [0.2, 0.25) is 0 Å². The summed E-state index contributed by atoms with van der Waals surface area (Å²) in [4.78, 5) is 19.2. The lowest BCUT2D eigenvalue weighted by molar-refractivity contribution is 0.0593. The minimum absolute atomic E-state index is 0.186. The number of rotatable bonds is 3. The Bertz CT molecular complexity index is 558. The number of hydrogen-bond acceptors (Lipinski definition) is 5. The van der Waals surface area contributed by atoms with Crippen molar-refractivity contribution < 1.29 is 9.53 Å². The highest BCUT2D eigenvalue weighted by atomic mass is 127. The third kappa shape index (κ3) is 3.16. The molecule has 2 aromatic rings. The lowest BCUT2D eigenvalue weighted by Crippen LogP contribution is -2.05. The van der Waals surface area contributed by atoms with E-state index in [0.717, 1.165) is 9.26 Å². The van der Waals surface area contributed by atoms with E-state index in [-0.39, 0.29) is 5.69 Å². The van der Waals surface area contributed by atoms with Gasteiger partial charge in [-0.3, -0.25) is 0 Å². The topological polar surface area (TPSA) is 64.1 Å². The maximum absolute atomic E-state index is 11.2. The Labute approximate surface area is 118 Å². The molecule has 1 heterocycles. The Hall–Kier alpha value is -1.70. The number of esters is 1. The number of ether oxygens (including phenoxy) is 1. The minimum Gasteiger partial charge on any atom is -0.464 e. The zero-order valence-electron chi connectivity index (χ0n) is 9.55. The van der Waals surface area contributed by atoms with Crippen molar-refractivity contribution in [3.8, 4) is 0 Å². The lowest BCUT2D eigenvalue weighted by Gasteiger charge is -2.05. The highest BCUT2D eigenvalue weighted by Crippen LogP contribution is 2.16. The van der Waals surface area contributed by atoms with Crippen LogP contribution in [0.2, 0.25) is 0 Å². The van der Waals surface area contributed by atoms with Crippen LogP contribution in [0, 0.1) is 3.57 Å². The summed E-state index contributed by atoms with van der Waals surface area (Å²) in [6.45, 7) is 0. The number of carbonyl (C=O) groups is 1. The number of nitrogens with zero attached hydrogens (tertiary/aromatic N) is 2. The smallest absolute Gasteiger partial charge is 0.358 e. The van der Waals surface area contributed by atoms with Gasteiger partial charge in [0.15, 0.2) is 5.69 Å². The standard InChI is InChI=1S/C12H10IN3O2/c1-18-12(17)10-6-15-11(7-14-10)16-9-4-2-3-8(13)5-9/h2-7H,1H3,(H,15,16). The average molecular weight is 355 g/mol. The van der Waals surface area contributed by atoms with E-state index in [4.69, 9.17) is 0 Å². The van der Waals surface area contributed by atoms with E-state index in [1.54, 1.807) is 0 Å². The van der Waals surface area contributed by atoms with Crippen molar-refractivity contribution in [2.75, 3.05) is 12.4 Å². The van der Waals surface area contributed by atoms with Gasteiger partial charge in [-0.2, -0.15) is 0 Å². The number of carbonyl (C=O) groups excluding carboxylic acids is 1. The summed E-state index contributed by atoms with van der Waals surface area (Å²) < 4.78 is 5.67. The molecule has 6 heteroatoms. The zero-order valence-corrected chi connectivity index (χ0v) is 11.7. The van der Waals surface area contributed by atoms with Gasteiger partial charge in [0.1, 0.15) is 5.82 Å². The van der Waals surface area contributed by atoms with Crippen LogP contribution in [0.4, 0.5) is 11.5 Å². The largest absolute Gasteiger partial charge is 0.464 e. The molecule has 0 saturated heterocycles. The quantitative estimate of drug-likeness (QED) is 0.677. The number of benzene rings is 1. The van der Waals surface area contributed by atoms with Crippen molar-refractivity contribution in [1.82, 2.24) is 9.97 Å². The molecule has 0 atom stereocenters. The predicted molar refractivity (Wildman–Crippen MR) is 75.8 cm³/mol. The van der Waals surface area contributed by atoms with E-state index in [1.165, 1.54) is 19.5 Å². The van der Waals surface area contributed by atoms with Gasteiger partial charge in [-0.1, -0.05) is 6.07 Å². The SMILES string of the molecule is COC(=O)c1cnc(Nc2cccc(I)c2)cn1. The summed E-state index contributed by atoms with van der Waals surface area (Å²) in [5.74, 6) is 0.0768. The summed E-state index contributed by atoms with van der Waals surface area (Å²) in [5, 5.41) is 3.10. The van der Waals surface area contributed by atoms with Gasteiger partial charge >= 0.3 is 5.97 Å². The normalized spacial score (nSPS) is 9.89. The Morgan fingerprint density at radius 1 is 1.33 bits per heavy atom. The van der Waals surface area contributed by atoms with E-state index in [9.17, 15) is 4.79 Å². The fourth-order valence-corrected chi connectivity index (χ4v) is 1.86. The van der Waals surface area contributed by atoms with Gasteiger partial charge in [-0.05, 0) is 40.8 Å². The molecule has 0 amide bonds.